The van der Waals surface area contributed by atoms with Crippen molar-refractivity contribution in [1.82, 2.24) is 14.9 Å². The van der Waals surface area contributed by atoms with E-state index in [1.165, 1.54) is 7.11 Å². The first-order valence-corrected chi connectivity index (χ1v) is 5.86. The molecule has 0 saturated carbocycles. The van der Waals surface area contributed by atoms with E-state index in [9.17, 15) is 4.79 Å². The van der Waals surface area contributed by atoms with E-state index in [0.29, 0.717) is 6.54 Å². The Labute approximate surface area is 102 Å². The number of imidazole rings is 1. The molecule has 0 aliphatic heterocycles. The zero-order chi connectivity index (χ0) is 12.8. The molecule has 0 fully saturated rings. The van der Waals surface area contributed by atoms with Crippen LogP contribution in [0.1, 0.15) is 26.0 Å². The highest BCUT2D eigenvalue weighted by Crippen LogP contribution is 2.10. The van der Waals surface area contributed by atoms with Crippen molar-refractivity contribution in [3.63, 3.8) is 0 Å². The van der Waals surface area contributed by atoms with Crippen LogP contribution in [0.4, 0.5) is 0 Å². The average molecular weight is 239 g/mol. The van der Waals surface area contributed by atoms with Crippen molar-refractivity contribution in [1.29, 1.82) is 0 Å². The number of hydrogen-bond donors (Lipinski definition) is 1. The van der Waals surface area contributed by atoms with Crippen molar-refractivity contribution >= 4 is 5.97 Å². The van der Waals surface area contributed by atoms with Crippen LogP contribution in [0.5, 0.6) is 0 Å². The Bertz CT molecular complexity index is 362. The van der Waals surface area contributed by atoms with Gasteiger partial charge in [-0.05, 0) is 5.92 Å². The van der Waals surface area contributed by atoms with Crippen molar-refractivity contribution < 1.29 is 9.53 Å². The maximum atomic E-state index is 11.6. The fourth-order valence-corrected chi connectivity index (χ4v) is 1.65. The molecule has 0 aromatic carbocycles. The second kappa shape index (κ2) is 6.39. The molecule has 2 atom stereocenters. The molecule has 0 aliphatic rings. The van der Waals surface area contributed by atoms with Crippen molar-refractivity contribution in [2.24, 2.45) is 13.0 Å². The quantitative estimate of drug-likeness (QED) is 0.755. The molecule has 17 heavy (non-hydrogen) atoms. The summed E-state index contributed by atoms with van der Waals surface area (Å²) in [6, 6.07) is -0.264. The van der Waals surface area contributed by atoms with Crippen LogP contribution in [0.2, 0.25) is 0 Å². The molecule has 1 aromatic rings. The van der Waals surface area contributed by atoms with E-state index in [2.05, 4.69) is 17.2 Å². The highest BCUT2D eigenvalue weighted by Gasteiger charge is 2.24. The van der Waals surface area contributed by atoms with E-state index >= 15 is 0 Å². The summed E-state index contributed by atoms with van der Waals surface area (Å²) in [4.78, 5) is 15.7. The lowest BCUT2D eigenvalue weighted by atomic mass is 9.99. The summed E-state index contributed by atoms with van der Waals surface area (Å²) in [5.41, 5.74) is 1.04. The molecule has 96 valence electrons. The van der Waals surface area contributed by atoms with Crippen LogP contribution in [-0.2, 0) is 23.1 Å². The third kappa shape index (κ3) is 3.56. The molecule has 0 spiro atoms. The van der Waals surface area contributed by atoms with Gasteiger partial charge in [0.2, 0.25) is 0 Å². The third-order valence-corrected chi connectivity index (χ3v) is 3.09. The molecule has 0 aliphatic carbocycles. The lowest BCUT2D eigenvalue weighted by molar-refractivity contribution is -0.144. The van der Waals surface area contributed by atoms with E-state index in [-0.39, 0.29) is 17.9 Å². The molecule has 0 amide bonds. The van der Waals surface area contributed by atoms with Crippen LogP contribution in [0.3, 0.4) is 0 Å². The minimum Gasteiger partial charge on any atom is -0.468 e. The molecule has 1 heterocycles. The monoisotopic (exact) mass is 239 g/mol. The van der Waals surface area contributed by atoms with E-state index in [1.54, 1.807) is 12.5 Å². The Hall–Kier alpha value is -1.36. The first-order chi connectivity index (χ1) is 8.10. The van der Waals surface area contributed by atoms with Gasteiger partial charge < -0.3 is 9.30 Å². The molecule has 0 saturated heterocycles. The molecule has 0 bridgehead atoms. The van der Waals surface area contributed by atoms with E-state index in [4.69, 9.17) is 4.74 Å². The second-order valence-corrected chi connectivity index (χ2v) is 4.26. The minimum absolute atomic E-state index is 0.207. The Kier molecular flexibility index (Phi) is 5.15. The standard InChI is InChI=1S/C12H21N3O2/c1-5-9(2)11(12(16)17-4)14-7-10-6-13-8-15(10)3/h6,8-9,11,14H,5,7H2,1-4H3. The number of aromatic nitrogens is 2. The maximum absolute atomic E-state index is 11.6. The molecule has 5 nitrogen and oxygen atoms in total. The summed E-state index contributed by atoms with van der Waals surface area (Å²) in [5.74, 6) is 0.0391. The van der Waals surface area contributed by atoms with Gasteiger partial charge in [0, 0.05) is 19.8 Å². The number of nitrogens with one attached hydrogen (secondary N) is 1. The number of carbonyl (C=O) groups is 1. The summed E-state index contributed by atoms with van der Waals surface area (Å²) >= 11 is 0. The Balaban J connectivity index is 2.61. The van der Waals surface area contributed by atoms with Gasteiger partial charge in [0.1, 0.15) is 6.04 Å². The van der Waals surface area contributed by atoms with Crippen LogP contribution >= 0.6 is 0 Å². The Morgan fingerprint density at radius 1 is 1.65 bits per heavy atom. The average Bonchev–Trinajstić information content (AvgIpc) is 2.74. The molecule has 1 aromatic heterocycles. The number of carbonyl (C=O) groups excluding carboxylic acids is 1. The SMILES string of the molecule is CCC(C)C(NCc1cncn1C)C(=O)OC. The zero-order valence-electron chi connectivity index (χ0n) is 10.9. The lowest BCUT2D eigenvalue weighted by Gasteiger charge is -2.21. The predicted molar refractivity (Wildman–Crippen MR) is 65.3 cm³/mol. The maximum Gasteiger partial charge on any atom is 0.323 e. The summed E-state index contributed by atoms with van der Waals surface area (Å²) in [7, 11) is 3.35. The predicted octanol–water partition coefficient (Wildman–Crippen LogP) is 1.10. The van der Waals surface area contributed by atoms with Gasteiger partial charge in [0.05, 0.1) is 19.1 Å². The van der Waals surface area contributed by atoms with Gasteiger partial charge in [-0.25, -0.2) is 4.98 Å². The summed E-state index contributed by atoms with van der Waals surface area (Å²) in [6.45, 7) is 4.71. The highest BCUT2D eigenvalue weighted by molar-refractivity contribution is 5.75. The zero-order valence-corrected chi connectivity index (χ0v) is 10.9. The third-order valence-electron chi connectivity index (χ3n) is 3.09. The highest BCUT2D eigenvalue weighted by atomic mass is 16.5. The molecule has 1 N–H and O–H groups in total. The van der Waals surface area contributed by atoms with Gasteiger partial charge in [0.25, 0.3) is 0 Å². The number of ether oxygens (including phenoxy) is 1. The van der Waals surface area contributed by atoms with Gasteiger partial charge in [-0.1, -0.05) is 20.3 Å². The second-order valence-electron chi connectivity index (χ2n) is 4.26. The number of esters is 1. The molecular weight excluding hydrogens is 218 g/mol. The molecular formula is C12H21N3O2. The van der Waals surface area contributed by atoms with Crippen molar-refractivity contribution in [2.45, 2.75) is 32.9 Å². The van der Waals surface area contributed by atoms with Gasteiger partial charge in [-0.15, -0.1) is 0 Å². The van der Waals surface area contributed by atoms with Gasteiger partial charge in [-0.3, -0.25) is 10.1 Å². The van der Waals surface area contributed by atoms with Crippen LogP contribution in [0, 0.1) is 5.92 Å². The number of nitrogens with zero attached hydrogens (tertiary/aromatic N) is 2. The van der Waals surface area contributed by atoms with Crippen LogP contribution in [0.15, 0.2) is 12.5 Å². The van der Waals surface area contributed by atoms with Gasteiger partial charge >= 0.3 is 5.97 Å². The van der Waals surface area contributed by atoms with E-state index in [0.717, 1.165) is 12.1 Å². The van der Waals surface area contributed by atoms with Gasteiger partial charge in [0.15, 0.2) is 0 Å². The molecule has 0 radical (unpaired) electrons. The number of methoxy groups -OCH3 is 1. The summed E-state index contributed by atoms with van der Waals surface area (Å²) in [5, 5.41) is 3.23. The minimum atomic E-state index is -0.264. The fourth-order valence-electron chi connectivity index (χ4n) is 1.65. The van der Waals surface area contributed by atoms with E-state index < -0.39 is 0 Å². The number of rotatable bonds is 6. The van der Waals surface area contributed by atoms with Crippen molar-refractivity contribution in [2.75, 3.05) is 7.11 Å². The number of aryl methyl sites for hydroxylation is 1. The Morgan fingerprint density at radius 3 is 2.82 bits per heavy atom. The van der Waals surface area contributed by atoms with Crippen LogP contribution < -0.4 is 5.32 Å². The Morgan fingerprint density at radius 2 is 2.35 bits per heavy atom. The fraction of sp³-hybridized carbons (Fsp3) is 0.667. The molecule has 1 rings (SSSR count). The van der Waals surface area contributed by atoms with E-state index in [1.807, 2.05) is 18.5 Å². The van der Waals surface area contributed by atoms with Gasteiger partial charge in [-0.2, -0.15) is 0 Å². The lowest BCUT2D eigenvalue weighted by Crippen LogP contribution is -2.42. The molecule has 5 heteroatoms. The van der Waals surface area contributed by atoms with Crippen molar-refractivity contribution in [3.05, 3.63) is 18.2 Å². The van der Waals surface area contributed by atoms with Crippen molar-refractivity contribution in [3.8, 4) is 0 Å². The first kappa shape index (κ1) is 13.7. The smallest absolute Gasteiger partial charge is 0.323 e. The summed E-state index contributed by atoms with van der Waals surface area (Å²) in [6.07, 6.45) is 4.46. The topological polar surface area (TPSA) is 56.2 Å². The summed E-state index contributed by atoms with van der Waals surface area (Å²) < 4.78 is 6.74. The van der Waals surface area contributed by atoms with Crippen LogP contribution in [0.25, 0.3) is 0 Å². The normalized spacial score (nSPS) is 14.4. The number of hydrogen-bond acceptors (Lipinski definition) is 4. The molecule has 2 unspecified atom stereocenters. The largest absolute Gasteiger partial charge is 0.468 e. The first-order valence-electron chi connectivity index (χ1n) is 5.86. The van der Waals surface area contributed by atoms with Crippen LogP contribution in [-0.4, -0.2) is 28.7 Å².